The number of hydrogen-bond donors (Lipinski definition) is 1. The number of aryl methyl sites for hydroxylation is 1. The maximum Gasteiger partial charge on any atom is 0.252 e. The highest BCUT2D eigenvalue weighted by Crippen LogP contribution is 2.29. The number of amides is 1. The largest absolute Gasteiger partial charge is 0.497 e. The highest BCUT2D eigenvalue weighted by atomic mass is 16.5. The van der Waals surface area contributed by atoms with Crippen LogP contribution in [0, 0.1) is 6.92 Å². The maximum atomic E-state index is 13.0. The number of carbonyl (C=O) groups excluding carboxylic acids is 1. The second kappa shape index (κ2) is 8.15. The van der Waals surface area contributed by atoms with E-state index < -0.39 is 0 Å². The van der Waals surface area contributed by atoms with Gasteiger partial charge >= 0.3 is 0 Å². The standard InChI is InChI=1S/C25H22N2O2/c1-17-14-23(25(28)26-16-18-8-6-11-20(15-18)29-2)22-13-7-12-21(24(22)27-17)19-9-4-3-5-10-19/h3-15H,16H2,1-2H3,(H,26,28). The Balaban J connectivity index is 1.69. The van der Waals surface area contributed by atoms with Crippen LogP contribution in [-0.4, -0.2) is 18.0 Å². The number of carbonyl (C=O) groups is 1. The molecular weight excluding hydrogens is 360 g/mol. The zero-order chi connectivity index (χ0) is 20.2. The van der Waals surface area contributed by atoms with E-state index in [0.717, 1.165) is 39.0 Å². The van der Waals surface area contributed by atoms with Crippen LogP contribution in [0.4, 0.5) is 0 Å². The maximum absolute atomic E-state index is 13.0. The molecule has 0 aliphatic carbocycles. The number of nitrogens with one attached hydrogen (secondary N) is 1. The van der Waals surface area contributed by atoms with Gasteiger partial charge in [0.05, 0.1) is 18.2 Å². The number of pyridine rings is 1. The SMILES string of the molecule is COc1cccc(CNC(=O)c2cc(C)nc3c(-c4ccccc4)cccc23)c1. The Morgan fingerprint density at radius 2 is 1.76 bits per heavy atom. The molecule has 0 aliphatic heterocycles. The number of methoxy groups -OCH3 is 1. The lowest BCUT2D eigenvalue weighted by Gasteiger charge is -2.12. The summed E-state index contributed by atoms with van der Waals surface area (Å²) in [5.41, 5.74) is 5.37. The molecule has 1 heterocycles. The molecule has 0 spiro atoms. The Labute approximate surface area is 170 Å². The van der Waals surface area contributed by atoms with Crippen LogP contribution in [0.3, 0.4) is 0 Å². The predicted molar refractivity (Wildman–Crippen MR) is 116 cm³/mol. The average Bonchev–Trinajstić information content (AvgIpc) is 2.77. The first-order valence-corrected chi connectivity index (χ1v) is 9.52. The van der Waals surface area contributed by atoms with Gasteiger partial charge in [0, 0.05) is 23.2 Å². The number of rotatable bonds is 5. The van der Waals surface area contributed by atoms with Gasteiger partial charge in [-0.1, -0.05) is 60.7 Å². The van der Waals surface area contributed by atoms with E-state index >= 15 is 0 Å². The molecule has 3 aromatic carbocycles. The van der Waals surface area contributed by atoms with Gasteiger partial charge in [-0.15, -0.1) is 0 Å². The summed E-state index contributed by atoms with van der Waals surface area (Å²) in [6.45, 7) is 2.34. The van der Waals surface area contributed by atoms with Crippen LogP contribution in [0.25, 0.3) is 22.0 Å². The minimum absolute atomic E-state index is 0.117. The molecule has 4 aromatic rings. The second-order valence-electron chi connectivity index (χ2n) is 6.91. The van der Waals surface area contributed by atoms with Crippen molar-refractivity contribution in [3.8, 4) is 16.9 Å². The molecule has 0 radical (unpaired) electrons. The van der Waals surface area contributed by atoms with Crippen molar-refractivity contribution in [1.82, 2.24) is 10.3 Å². The molecule has 0 saturated carbocycles. The Kier molecular flexibility index (Phi) is 5.25. The third kappa shape index (κ3) is 3.97. The zero-order valence-corrected chi connectivity index (χ0v) is 16.5. The fourth-order valence-electron chi connectivity index (χ4n) is 3.48. The van der Waals surface area contributed by atoms with E-state index in [1.54, 1.807) is 7.11 Å². The molecule has 1 aromatic heterocycles. The topological polar surface area (TPSA) is 51.2 Å². The van der Waals surface area contributed by atoms with Crippen LogP contribution in [0.15, 0.2) is 78.9 Å². The second-order valence-corrected chi connectivity index (χ2v) is 6.91. The normalized spacial score (nSPS) is 10.7. The fraction of sp³-hybridized carbons (Fsp3) is 0.120. The summed E-state index contributed by atoms with van der Waals surface area (Å²) in [6, 6.07) is 25.6. The first kappa shape index (κ1) is 18.7. The monoisotopic (exact) mass is 382 g/mol. The van der Waals surface area contributed by atoms with Gasteiger partial charge in [0.2, 0.25) is 0 Å². The molecule has 4 rings (SSSR count). The molecule has 0 unspecified atom stereocenters. The van der Waals surface area contributed by atoms with Crippen LogP contribution in [0.5, 0.6) is 5.75 Å². The van der Waals surface area contributed by atoms with Gasteiger partial charge in [0.25, 0.3) is 5.91 Å². The van der Waals surface area contributed by atoms with Gasteiger partial charge in [-0.25, -0.2) is 0 Å². The molecule has 1 N–H and O–H groups in total. The number of aromatic nitrogens is 1. The lowest BCUT2D eigenvalue weighted by atomic mass is 9.98. The zero-order valence-electron chi connectivity index (χ0n) is 16.5. The van der Waals surface area contributed by atoms with Crippen molar-refractivity contribution in [3.05, 3.63) is 95.7 Å². The van der Waals surface area contributed by atoms with Crippen molar-refractivity contribution in [2.75, 3.05) is 7.11 Å². The fourth-order valence-corrected chi connectivity index (χ4v) is 3.48. The number of para-hydroxylation sites is 1. The highest BCUT2D eigenvalue weighted by Gasteiger charge is 2.15. The summed E-state index contributed by atoms with van der Waals surface area (Å²) in [5.74, 6) is 0.656. The number of hydrogen-bond acceptors (Lipinski definition) is 3. The smallest absolute Gasteiger partial charge is 0.252 e. The number of fused-ring (bicyclic) bond motifs is 1. The van der Waals surface area contributed by atoms with E-state index in [-0.39, 0.29) is 5.91 Å². The molecule has 4 heteroatoms. The molecule has 0 atom stereocenters. The molecule has 0 aliphatic rings. The third-order valence-electron chi connectivity index (χ3n) is 4.88. The Morgan fingerprint density at radius 1 is 0.966 bits per heavy atom. The van der Waals surface area contributed by atoms with Crippen LogP contribution in [0.2, 0.25) is 0 Å². The van der Waals surface area contributed by atoms with Crippen LogP contribution in [0.1, 0.15) is 21.6 Å². The number of ether oxygens (including phenoxy) is 1. The van der Waals surface area contributed by atoms with Crippen molar-refractivity contribution in [2.24, 2.45) is 0 Å². The van der Waals surface area contributed by atoms with E-state index in [2.05, 4.69) is 17.4 Å². The predicted octanol–water partition coefficient (Wildman–Crippen LogP) is 5.15. The van der Waals surface area contributed by atoms with Crippen molar-refractivity contribution in [3.63, 3.8) is 0 Å². The van der Waals surface area contributed by atoms with E-state index in [9.17, 15) is 4.79 Å². The Hall–Kier alpha value is -3.66. The Morgan fingerprint density at radius 3 is 2.55 bits per heavy atom. The summed E-state index contributed by atoms with van der Waals surface area (Å²) in [6.07, 6.45) is 0. The minimum atomic E-state index is -0.117. The molecule has 29 heavy (non-hydrogen) atoms. The van der Waals surface area contributed by atoms with Gasteiger partial charge in [0.1, 0.15) is 5.75 Å². The summed E-state index contributed by atoms with van der Waals surface area (Å²) in [4.78, 5) is 17.8. The van der Waals surface area contributed by atoms with E-state index in [1.807, 2.05) is 73.7 Å². The van der Waals surface area contributed by atoms with E-state index in [1.165, 1.54) is 0 Å². The van der Waals surface area contributed by atoms with Gasteiger partial charge in [-0.2, -0.15) is 0 Å². The number of benzene rings is 3. The third-order valence-corrected chi connectivity index (χ3v) is 4.88. The lowest BCUT2D eigenvalue weighted by molar-refractivity contribution is 0.0952. The first-order chi connectivity index (χ1) is 14.2. The molecule has 144 valence electrons. The summed E-state index contributed by atoms with van der Waals surface area (Å²) >= 11 is 0. The first-order valence-electron chi connectivity index (χ1n) is 9.52. The van der Waals surface area contributed by atoms with E-state index in [4.69, 9.17) is 9.72 Å². The van der Waals surface area contributed by atoms with Crippen LogP contribution >= 0.6 is 0 Å². The molecule has 0 bridgehead atoms. The highest BCUT2D eigenvalue weighted by molar-refractivity contribution is 6.09. The van der Waals surface area contributed by atoms with Crippen molar-refractivity contribution in [1.29, 1.82) is 0 Å². The molecular formula is C25H22N2O2. The molecule has 1 amide bonds. The quantitative estimate of drug-likeness (QED) is 0.519. The average molecular weight is 382 g/mol. The van der Waals surface area contributed by atoms with Crippen molar-refractivity contribution >= 4 is 16.8 Å². The van der Waals surface area contributed by atoms with Crippen molar-refractivity contribution in [2.45, 2.75) is 13.5 Å². The summed E-state index contributed by atoms with van der Waals surface area (Å²) < 4.78 is 5.25. The summed E-state index contributed by atoms with van der Waals surface area (Å²) in [7, 11) is 1.63. The van der Waals surface area contributed by atoms with Gasteiger partial charge < -0.3 is 10.1 Å². The van der Waals surface area contributed by atoms with Crippen LogP contribution in [-0.2, 0) is 6.54 Å². The lowest BCUT2D eigenvalue weighted by Crippen LogP contribution is -2.23. The Bertz CT molecular complexity index is 1170. The van der Waals surface area contributed by atoms with E-state index in [0.29, 0.717) is 12.1 Å². The molecule has 4 nitrogen and oxygen atoms in total. The molecule has 0 saturated heterocycles. The molecule has 0 fully saturated rings. The minimum Gasteiger partial charge on any atom is -0.497 e. The number of nitrogens with zero attached hydrogens (tertiary/aromatic N) is 1. The van der Waals surface area contributed by atoms with Crippen molar-refractivity contribution < 1.29 is 9.53 Å². The summed E-state index contributed by atoms with van der Waals surface area (Å²) in [5, 5.41) is 3.87. The van der Waals surface area contributed by atoms with Gasteiger partial charge in [-0.05, 0) is 36.2 Å². The van der Waals surface area contributed by atoms with Crippen LogP contribution < -0.4 is 10.1 Å². The van der Waals surface area contributed by atoms with Gasteiger partial charge in [0.15, 0.2) is 0 Å². The van der Waals surface area contributed by atoms with Gasteiger partial charge in [-0.3, -0.25) is 9.78 Å².